The number of hydrogen-bond donors (Lipinski definition) is 1. The zero-order valence-corrected chi connectivity index (χ0v) is 19.4. The average molecular weight is 434 g/mol. The number of nitrogens with zero attached hydrogens (tertiary/aromatic N) is 1. The Hall–Kier alpha value is -2.33. The summed E-state index contributed by atoms with van der Waals surface area (Å²) in [5.41, 5.74) is 1.93. The van der Waals surface area contributed by atoms with E-state index in [4.69, 9.17) is 4.74 Å². The van der Waals surface area contributed by atoms with Gasteiger partial charge in [0.1, 0.15) is 11.5 Å². The fourth-order valence-corrected chi connectivity index (χ4v) is 6.20. The molecule has 1 N–H and O–H groups in total. The molecule has 2 fully saturated rings. The lowest BCUT2D eigenvalue weighted by Crippen LogP contribution is -2.59. The Kier molecular flexibility index (Phi) is 6.23. The van der Waals surface area contributed by atoms with E-state index in [0.29, 0.717) is 0 Å². The highest BCUT2D eigenvalue weighted by atomic mass is 16.5. The molecule has 2 aromatic rings. The van der Waals surface area contributed by atoms with Crippen molar-refractivity contribution in [3.05, 3.63) is 59.7 Å². The standard InChI is InChI=1S/C28H36N2O2/c1-30(22-11-5-3-2-4-6-12-22)19-17-21(18-20-30)29-28(31)27-23-13-7-9-15-25(23)32-26-16-10-8-14-24(26)27/h7-10,13-16,21-22,27H,2-6,11-12,17-20H2,1H3/p+1. The Balaban J connectivity index is 1.27. The van der Waals surface area contributed by atoms with Crippen molar-refractivity contribution in [3.63, 3.8) is 0 Å². The van der Waals surface area contributed by atoms with Gasteiger partial charge < -0.3 is 14.5 Å². The van der Waals surface area contributed by atoms with Gasteiger partial charge in [0.25, 0.3) is 0 Å². The minimum atomic E-state index is -0.301. The van der Waals surface area contributed by atoms with Crippen LogP contribution in [0.5, 0.6) is 11.5 Å². The molecule has 0 radical (unpaired) electrons. The highest BCUT2D eigenvalue weighted by molar-refractivity contribution is 5.89. The second kappa shape index (κ2) is 9.27. The van der Waals surface area contributed by atoms with Gasteiger partial charge in [-0.05, 0) is 37.8 Å². The molecule has 1 saturated carbocycles. The number of piperidine rings is 1. The second-order valence-corrected chi connectivity index (χ2v) is 10.3. The summed E-state index contributed by atoms with van der Waals surface area (Å²) < 4.78 is 7.28. The molecule has 4 nitrogen and oxygen atoms in total. The Bertz CT molecular complexity index is 894. The normalized spacial score (nSPS) is 26.7. The summed E-state index contributed by atoms with van der Waals surface area (Å²) >= 11 is 0. The number of carbonyl (C=O) groups excluding carboxylic acids is 1. The number of ether oxygens (including phenoxy) is 1. The van der Waals surface area contributed by atoms with Crippen molar-refractivity contribution in [3.8, 4) is 11.5 Å². The molecule has 4 heteroatoms. The van der Waals surface area contributed by atoms with Gasteiger partial charge in [0.15, 0.2) is 0 Å². The Labute approximate surface area is 192 Å². The Morgan fingerprint density at radius 2 is 1.34 bits per heavy atom. The fourth-order valence-electron chi connectivity index (χ4n) is 6.20. The number of hydrogen-bond acceptors (Lipinski definition) is 2. The molecule has 2 heterocycles. The number of nitrogens with one attached hydrogen (secondary N) is 1. The first-order chi connectivity index (χ1) is 15.6. The lowest BCUT2D eigenvalue weighted by atomic mass is 9.86. The quantitative estimate of drug-likeness (QED) is 0.625. The first-order valence-corrected chi connectivity index (χ1v) is 12.6. The van der Waals surface area contributed by atoms with Crippen molar-refractivity contribution < 1.29 is 14.0 Å². The Morgan fingerprint density at radius 1 is 0.812 bits per heavy atom. The van der Waals surface area contributed by atoms with E-state index in [-0.39, 0.29) is 17.9 Å². The van der Waals surface area contributed by atoms with Crippen LogP contribution in [-0.2, 0) is 4.79 Å². The number of fused-ring (bicyclic) bond motifs is 2. The molecule has 0 bridgehead atoms. The molecule has 1 amide bonds. The van der Waals surface area contributed by atoms with Crippen molar-refractivity contribution in [2.75, 3.05) is 20.1 Å². The van der Waals surface area contributed by atoms with Gasteiger partial charge in [-0.3, -0.25) is 4.79 Å². The zero-order valence-electron chi connectivity index (χ0n) is 19.4. The summed E-state index contributed by atoms with van der Waals surface area (Å²) in [5, 5.41) is 3.43. The van der Waals surface area contributed by atoms with Crippen LogP contribution >= 0.6 is 0 Å². The van der Waals surface area contributed by atoms with Gasteiger partial charge in [-0.1, -0.05) is 55.7 Å². The van der Waals surface area contributed by atoms with E-state index in [9.17, 15) is 4.79 Å². The van der Waals surface area contributed by atoms with Crippen molar-refractivity contribution in [2.45, 2.75) is 75.8 Å². The molecule has 0 atom stereocenters. The lowest BCUT2D eigenvalue weighted by molar-refractivity contribution is -0.938. The molecule has 5 rings (SSSR count). The monoisotopic (exact) mass is 433 g/mol. The summed E-state index contributed by atoms with van der Waals surface area (Å²) in [5.74, 6) is 1.40. The SMILES string of the molecule is C[N+]1(C2CCCCCCC2)CCC(NC(=O)C2c3ccccc3Oc3ccccc32)CC1. The van der Waals surface area contributed by atoms with Crippen LogP contribution in [0.4, 0.5) is 0 Å². The number of carbonyl (C=O) groups is 1. The summed E-state index contributed by atoms with van der Waals surface area (Å²) in [6.07, 6.45) is 11.9. The van der Waals surface area contributed by atoms with Gasteiger partial charge in [0.05, 0.1) is 32.1 Å². The van der Waals surface area contributed by atoms with Crippen LogP contribution in [0.15, 0.2) is 48.5 Å². The molecular weight excluding hydrogens is 396 g/mol. The van der Waals surface area contributed by atoms with Crippen LogP contribution in [0, 0.1) is 0 Å². The van der Waals surface area contributed by atoms with Gasteiger partial charge in [-0.2, -0.15) is 0 Å². The topological polar surface area (TPSA) is 38.3 Å². The summed E-state index contributed by atoms with van der Waals surface area (Å²) in [7, 11) is 2.47. The molecule has 3 aliphatic rings. The fraction of sp³-hybridized carbons (Fsp3) is 0.536. The van der Waals surface area contributed by atoms with Crippen LogP contribution < -0.4 is 10.1 Å². The predicted molar refractivity (Wildman–Crippen MR) is 128 cm³/mol. The van der Waals surface area contributed by atoms with Gasteiger partial charge in [-0.15, -0.1) is 0 Å². The number of likely N-dealkylation sites (tertiary alicyclic amines) is 1. The van der Waals surface area contributed by atoms with Gasteiger partial charge >= 0.3 is 0 Å². The predicted octanol–water partition coefficient (Wildman–Crippen LogP) is 5.76. The van der Waals surface area contributed by atoms with Gasteiger partial charge in [0, 0.05) is 30.0 Å². The summed E-state index contributed by atoms with van der Waals surface area (Å²) in [4.78, 5) is 13.6. The van der Waals surface area contributed by atoms with E-state index in [1.165, 1.54) is 62.5 Å². The van der Waals surface area contributed by atoms with Crippen molar-refractivity contribution in [1.82, 2.24) is 5.32 Å². The summed E-state index contributed by atoms with van der Waals surface area (Å²) in [6.45, 7) is 2.35. The van der Waals surface area contributed by atoms with Crippen molar-refractivity contribution in [1.29, 1.82) is 0 Å². The molecule has 0 aromatic heterocycles. The maximum absolute atomic E-state index is 13.6. The molecule has 0 unspecified atom stereocenters. The molecule has 32 heavy (non-hydrogen) atoms. The van der Waals surface area contributed by atoms with E-state index >= 15 is 0 Å². The highest BCUT2D eigenvalue weighted by Crippen LogP contribution is 2.44. The second-order valence-electron chi connectivity index (χ2n) is 10.3. The largest absolute Gasteiger partial charge is 0.457 e. The van der Waals surface area contributed by atoms with Crippen LogP contribution in [0.2, 0.25) is 0 Å². The number of quaternary nitrogens is 1. The van der Waals surface area contributed by atoms with Crippen molar-refractivity contribution >= 4 is 5.91 Å². The third-order valence-electron chi connectivity index (χ3n) is 8.22. The lowest BCUT2D eigenvalue weighted by Gasteiger charge is -2.47. The molecule has 0 spiro atoms. The first kappa shape index (κ1) is 21.5. The first-order valence-electron chi connectivity index (χ1n) is 12.6. The maximum atomic E-state index is 13.6. The molecule has 1 saturated heterocycles. The number of para-hydroxylation sites is 2. The van der Waals surface area contributed by atoms with E-state index in [1.54, 1.807) is 0 Å². The molecule has 170 valence electrons. The smallest absolute Gasteiger partial charge is 0.232 e. The number of benzene rings is 2. The average Bonchev–Trinajstić information content (AvgIpc) is 2.78. The van der Waals surface area contributed by atoms with Gasteiger partial charge in [-0.25, -0.2) is 0 Å². The third-order valence-corrected chi connectivity index (χ3v) is 8.22. The zero-order chi connectivity index (χ0) is 22.0. The van der Waals surface area contributed by atoms with Gasteiger partial charge in [0.2, 0.25) is 5.91 Å². The van der Waals surface area contributed by atoms with Crippen LogP contribution in [0.25, 0.3) is 0 Å². The third kappa shape index (κ3) is 4.30. The molecule has 2 aromatic carbocycles. The van der Waals surface area contributed by atoms with Crippen LogP contribution in [-0.4, -0.2) is 42.6 Å². The van der Waals surface area contributed by atoms with Crippen LogP contribution in [0.3, 0.4) is 0 Å². The van der Waals surface area contributed by atoms with Crippen molar-refractivity contribution in [2.24, 2.45) is 0 Å². The minimum absolute atomic E-state index is 0.111. The van der Waals surface area contributed by atoms with E-state index in [0.717, 1.165) is 41.5 Å². The maximum Gasteiger partial charge on any atom is 0.232 e. The minimum Gasteiger partial charge on any atom is -0.457 e. The summed E-state index contributed by atoms with van der Waals surface area (Å²) in [6, 6.07) is 17.0. The van der Waals surface area contributed by atoms with E-state index in [1.807, 2.05) is 48.5 Å². The van der Waals surface area contributed by atoms with Crippen LogP contribution in [0.1, 0.15) is 74.8 Å². The van der Waals surface area contributed by atoms with E-state index < -0.39 is 0 Å². The Morgan fingerprint density at radius 3 is 1.94 bits per heavy atom. The molecule has 2 aliphatic heterocycles. The number of amides is 1. The molecular formula is C28H37N2O2+. The number of rotatable bonds is 3. The highest BCUT2D eigenvalue weighted by Gasteiger charge is 2.39. The van der Waals surface area contributed by atoms with E-state index in [2.05, 4.69) is 12.4 Å². The molecule has 1 aliphatic carbocycles.